The third-order valence-electron chi connectivity index (χ3n) is 4.55. The van der Waals surface area contributed by atoms with Gasteiger partial charge >= 0.3 is 12.1 Å². The zero-order valence-corrected chi connectivity index (χ0v) is 17.0. The van der Waals surface area contributed by atoms with E-state index in [1.165, 1.54) is 25.6 Å². The van der Waals surface area contributed by atoms with E-state index in [1.807, 2.05) is 5.32 Å². The van der Waals surface area contributed by atoms with Crippen LogP contribution in [0.4, 0.5) is 24.7 Å². The molecular formula is C18H27F3N8O. The van der Waals surface area contributed by atoms with Gasteiger partial charge in [-0.25, -0.2) is 9.67 Å². The smallest absolute Gasteiger partial charge is 0.382 e. The summed E-state index contributed by atoms with van der Waals surface area (Å²) in [4.78, 5) is 15.2. The van der Waals surface area contributed by atoms with Gasteiger partial charge in [0.15, 0.2) is 0 Å². The van der Waals surface area contributed by atoms with Crippen LogP contribution in [0.1, 0.15) is 39.5 Å². The van der Waals surface area contributed by atoms with Gasteiger partial charge < -0.3 is 15.6 Å². The molecule has 0 bridgehead atoms. The van der Waals surface area contributed by atoms with Crippen molar-refractivity contribution >= 4 is 17.4 Å². The molecule has 0 fully saturated rings. The second kappa shape index (κ2) is 10.7. The minimum atomic E-state index is -4.98. The van der Waals surface area contributed by atoms with Gasteiger partial charge in [0.2, 0.25) is 0 Å². The summed E-state index contributed by atoms with van der Waals surface area (Å²) < 4.78 is 41.1. The van der Waals surface area contributed by atoms with Crippen LogP contribution in [0.25, 0.3) is 0 Å². The number of imidazole rings is 1. The maximum absolute atomic E-state index is 12.6. The van der Waals surface area contributed by atoms with Gasteiger partial charge in [-0.3, -0.25) is 4.79 Å². The van der Waals surface area contributed by atoms with Crippen molar-refractivity contribution in [1.82, 2.24) is 24.6 Å². The fraction of sp³-hybridized carbons (Fsp3) is 0.611. The molecule has 2 aromatic heterocycles. The third-order valence-corrected chi connectivity index (χ3v) is 4.55. The highest BCUT2D eigenvalue weighted by Crippen LogP contribution is 2.23. The maximum Gasteiger partial charge on any atom is 0.471 e. The molecule has 3 N–H and O–H groups in total. The van der Waals surface area contributed by atoms with Crippen molar-refractivity contribution in [3.8, 4) is 0 Å². The molecule has 2 heterocycles. The molecule has 0 aliphatic carbocycles. The van der Waals surface area contributed by atoms with Gasteiger partial charge in [0.05, 0.1) is 18.6 Å². The number of halogens is 3. The van der Waals surface area contributed by atoms with E-state index >= 15 is 0 Å². The van der Waals surface area contributed by atoms with E-state index in [0.29, 0.717) is 18.1 Å². The van der Waals surface area contributed by atoms with Gasteiger partial charge in [-0.2, -0.15) is 28.5 Å². The van der Waals surface area contributed by atoms with Crippen LogP contribution in [0.2, 0.25) is 0 Å². The van der Waals surface area contributed by atoms with E-state index in [0.717, 1.165) is 25.7 Å². The van der Waals surface area contributed by atoms with Gasteiger partial charge in [-0.05, 0) is 13.3 Å². The Labute approximate surface area is 172 Å². The zero-order valence-electron chi connectivity index (χ0n) is 17.0. The average molecular weight is 428 g/mol. The monoisotopic (exact) mass is 428 g/mol. The molecule has 12 heteroatoms. The molecule has 2 atom stereocenters. The zero-order chi connectivity index (χ0) is 22.1. The quantitative estimate of drug-likeness (QED) is 0.421. The summed E-state index contributed by atoms with van der Waals surface area (Å²) in [6.45, 7) is 4.38. The lowest BCUT2D eigenvalue weighted by molar-refractivity contribution is -0.174. The van der Waals surface area contributed by atoms with Gasteiger partial charge in [0, 0.05) is 25.5 Å². The van der Waals surface area contributed by atoms with E-state index in [-0.39, 0.29) is 6.54 Å². The minimum Gasteiger partial charge on any atom is -0.382 e. The fourth-order valence-corrected chi connectivity index (χ4v) is 2.76. The highest BCUT2D eigenvalue weighted by Gasteiger charge is 2.40. The molecule has 0 aromatic carbocycles. The number of amides is 1. The molecule has 0 spiro atoms. The van der Waals surface area contributed by atoms with Crippen molar-refractivity contribution in [2.45, 2.75) is 70.9 Å². The number of azo groups is 1. The van der Waals surface area contributed by atoms with Crippen molar-refractivity contribution in [3.63, 3.8) is 0 Å². The number of hydrogen-bond donors (Lipinski definition) is 2. The first kappa shape index (κ1) is 23.4. The van der Waals surface area contributed by atoms with Gasteiger partial charge in [0.1, 0.15) is 17.5 Å². The summed E-state index contributed by atoms with van der Waals surface area (Å²) in [6.07, 6.45) is 5.41. The molecule has 2 rings (SSSR count). The molecule has 30 heavy (non-hydrogen) atoms. The Bertz CT molecular complexity index is 816. The van der Waals surface area contributed by atoms with Crippen molar-refractivity contribution < 1.29 is 18.0 Å². The number of nitrogens with two attached hydrogens (primary N) is 1. The van der Waals surface area contributed by atoms with E-state index in [9.17, 15) is 18.0 Å². The predicted octanol–water partition coefficient (Wildman–Crippen LogP) is 3.46. The number of aryl methyl sites for hydroxylation is 1. The first-order valence-corrected chi connectivity index (χ1v) is 9.78. The Balaban J connectivity index is 2.10. The summed E-state index contributed by atoms with van der Waals surface area (Å²) in [5.41, 5.74) is 6.40. The fourth-order valence-electron chi connectivity index (χ4n) is 2.76. The third kappa shape index (κ3) is 6.85. The summed E-state index contributed by atoms with van der Waals surface area (Å²) >= 11 is 0. The van der Waals surface area contributed by atoms with Crippen molar-refractivity contribution in [3.05, 3.63) is 24.9 Å². The van der Waals surface area contributed by atoms with Gasteiger partial charge in [0.25, 0.3) is 0 Å². The number of nitrogens with one attached hydrogen (secondary N) is 1. The molecule has 0 aliphatic rings. The summed E-state index contributed by atoms with van der Waals surface area (Å²) in [7, 11) is 0. The molecule has 2 aromatic rings. The number of alkyl halides is 3. The summed E-state index contributed by atoms with van der Waals surface area (Å²) in [5.74, 6) is -1.69. The second-order valence-electron chi connectivity index (χ2n) is 7.00. The number of nitrogens with zero attached hydrogens (tertiary/aromatic N) is 6. The SMILES string of the molecule is CCCCCCn1ncc(N=NC(Cn2ccnc2)C(C)NC(=O)C(F)(F)F)c1N. The van der Waals surface area contributed by atoms with Crippen LogP contribution in [-0.2, 0) is 17.9 Å². The van der Waals surface area contributed by atoms with Crippen molar-refractivity contribution in [2.24, 2.45) is 10.2 Å². The molecule has 2 unspecified atom stereocenters. The number of nitrogen functional groups attached to an aromatic ring is 1. The summed E-state index contributed by atoms with van der Waals surface area (Å²) in [5, 5.41) is 14.4. The Hall–Kier alpha value is -2.92. The predicted molar refractivity (Wildman–Crippen MR) is 105 cm³/mol. The van der Waals surface area contributed by atoms with E-state index in [2.05, 4.69) is 27.2 Å². The Kier molecular flexibility index (Phi) is 8.36. The van der Waals surface area contributed by atoms with Gasteiger partial charge in [-0.1, -0.05) is 26.2 Å². The Morgan fingerprint density at radius 2 is 2.10 bits per heavy atom. The van der Waals surface area contributed by atoms with Crippen molar-refractivity contribution in [2.75, 3.05) is 5.73 Å². The van der Waals surface area contributed by atoms with Crippen LogP contribution in [0.5, 0.6) is 0 Å². The largest absolute Gasteiger partial charge is 0.471 e. The van der Waals surface area contributed by atoms with Crippen LogP contribution in [-0.4, -0.2) is 43.5 Å². The Morgan fingerprint density at radius 3 is 2.73 bits per heavy atom. The number of carbonyl (C=O) groups excluding carboxylic acids is 1. The average Bonchev–Trinajstić information content (AvgIpc) is 3.31. The lowest BCUT2D eigenvalue weighted by Gasteiger charge is -2.21. The first-order valence-electron chi connectivity index (χ1n) is 9.78. The number of aromatic nitrogens is 4. The molecule has 0 saturated carbocycles. The molecule has 1 amide bonds. The van der Waals surface area contributed by atoms with Crippen LogP contribution < -0.4 is 11.1 Å². The second-order valence-corrected chi connectivity index (χ2v) is 7.00. The van der Waals surface area contributed by atoms with Crippen LogP contribution in [0.3, 0.4) is 0 Å². The van der Waals surface area contributed by atoms with Crippen LogP contribution in [0.15, 0.2) is 35.1 Å². The molecule has 0 aliphatic heterocycles. The number of carbonyl (C=O) groups is 1. The number of anilines is 1. The highest BCUT2D eigenvalue weighted by molar-refractivity contribution is 5.81. The number of hydrogen-bond acceptors (Lipinski definition) is 6. The Morgan fingerprint density at radius 1 is 1.33 bits per heavy atom. The summed E-state index contributed by atoms with van der Waals surface area (Å²) in [6, 6.07) is -1.71. The standard InChI is InChI=1S/C18H27F3N8O/c1-3-4-5-6-8-29-16(22)14(10-24-29)26-27-15(11-28-9-7-23-12-28)13(2)25-17(30)18(19,20)21/h7,9-10,12-13,15H,3-6,8,11,22H2,1-2H3,(H,25,30). The molecule has 9 nitrogen and oxygen atoms in total. The maximum atomic E-state index is 12.6. The van der Waals surface area contributed by atoms with Crippen molar-refractivity contribution in [1.29, 1.82) is 0 Å². The van der Waals surface area contributed by atoms with E-state index in [4.69, 9.17) is 5.73 Å². The van der Waals surface area contributed by atoms with Crippen LogP contribution >= 0.6 is 0 Å². The first-order chi connectivity index (χ1) is 14.2. The number of unbranched alkanes of at least 4 members (excludes halogenated alkanes) is 3. The molecule has 0 saturated heterocycles. The lowest BCUT2D eigenvalue weighted by atomic mass is 10.1. The van der Waals surface area contributed by atoms with Gasteiger partial charge in [-0.15, -0.1) is 0 Å². The topological polar surface area (TPSA) is 115 Å². The minimum absolute atomic E-state index is 0.174. The highest BCUT2D eigenvalue weighted by atomic mass is 19.4. The molecular weight excluding hydrogens is 401 g/mol. The molecule has 0 radical (unpaired) electrons. The van der Waals surface area contributed by atoms with E-state index < -0.39 is 24.2 Å². The molecule has 166 valence electrons. The van der Waals surface area contributed by atoms with E-state index in [1.54, 1.807) is 15.4 Å². The lowest BCUT2D eigenvalue weighted by Crippen LogP contribution is -2.47. The number of rotatable bonds is 11. The van der Waals surface area contributed by atoms with Crippen LogP contribution in [0, 0.1) is 0 Å². The normalized spacial score (nSPS) is 14.2.